The number of hydrogen-bond donors (Lipinski definition) is 1. The predicted molar refractivity (Wildman–Crippen MR) is 65.1 cm³/mol. The molecule has 18 heavy (non-hydrogen) atoms. The van der Waals surface area contributed by atoms with Crippen LogP contribution in [-0.4, -0.2) is 12.5 Å². The van der Waals surface area contributed by atoms with Crippen LogP contribution in [0.15, 0.2) is 27.9 Å². The highest BCUT2D eigenvalue weighted by atomic mass is 16.5. The number of ether oxygens (including phenoxy) is 1. The fourth-order valence-electron chi connectivity index (χ4n) is 2.05. The molecule has 0 aliphatic carbocycles. The molecule has 0 radical (unpaired) electrons. The first-order valence-corrected chi connectivity index (χ1v) is 5.83. The van der Waals surface area contributed by atoms with Crippen molar-refractivity contribution in [2.75, 3.05) is 6.61 Å². The molecular formula is C13H15NO4. The van der Waals surface area contributed by atoms with E-state index in [2.05, 4.69) is 11.9 Å². The Morgan fingerprint density at radius 2 is 2.39 bits per heavy atom. The van der Waals surface area contributed by atoms with Crippen molar-refractivity contribution in [1.29, 1.82) is 0 Å². The van der Waals surface area contributed by atoms with E-state index >= 15 is 0 Å². The van der Waals surface area contributed by atoms with Crippen LogP contribution in [-0.2, 0) is 22.4 Å². The average Bonchev–Trinajstić information content (AvgIpc) is 2.34. The summed E-state index contributed by atoms with van der Waals surface area (Å²) in [7, 11) is 0. The van der Waals surface area contributed by atoms with Gasteiger partial charge >= 0.3 is 5.63 Å². The van der Waals surface area contributed by atoms with E-state index < -0.39 is 11.9 Å². The number of rotatable bonds is 4. The Labute approximate surface area is 104 Å². The molecule has 2 rings (SSSR count). The van der Waals surface area contributed by atoms with Crippen LogP contribution >= 0.6 is 0 Å². The number of amides is 1. The Kier molecular flexibility index (Phi) is 3.62. The van der Waals surface area contributed by atoms with Crippen molar-refractivity contribution < 1.29 is 13.9 Å². The maximum Gasteiger partial charge on any atom is 0.336 e. The SMILES string of the molecule is C=CCOC1NC(=O)Cc2oc(=O)cc(CC)c21. The summed E-state index contributed by atoms with van der Waals surface area (Å²) >= 11 is 0. The number of aryl methyl sites for hydroxylation is 1. The highest BCUT2D eigenvalue weighted by Gasteiger charge is 2.29. The minimum absolute atomic E-state index is 0.0758. The molecule has 0 saturated carbocycles. The molecule has 0 aromatic carbocycles. The summed E-state index contributed by atoms with van der Waals surface area (Å²) in [6.45, 7) is 5.82. The molecule has 1 aromatic heterocycles. The zero-order valence-corrected chi connectivity index (χ0v) is 10.2. The zero-order chi connectivity index (χ0) is 13.1. The molecule has 0 bridgehead atoms. The molecule has 0 spiro atoms. The first-order valence-electron chi connectivity index (χ1n) is 5.83. The van der Waals surface area contributed by atoms with E-state index in [4.69, 9.17) is 9.15 Å². The lowest BCUT2D eigenvalue weighted by atomic mass is 9.99. The number of carbonyl (C=O) groups is 1. The van der Waals surface area contributed by atoms with E-state index in [-0.39, 0.29) is 12.3 Å². The van der Waals surface area contributed by atoms with E-state index in [1.54, 1.807) is 6.08 Å². The largest absolute Gasteiger partial charge is 0.427 e. The van der Waals surface area contributed by atoms with Crippen LogP contribution in [0.1, 0.15) is 30.0 Å². The number of fused-ring (bicyclic) bond motifs is 1. The smallest absolute Gasteiger partial charge is 0.336 e. The van der Waals surface area contributed by atoms with Crippen LogP contribution in [0.4, 0.5) is 0 Å². The maximum atomic E-state index is 11.5. The number of nitrogens with one attached hydrogen (secondary N) is 1. The van der Waals surface area contributed by atoms with Gasteiger partial charge in [-0.1, -0.05) is 13.0 Å². The van der Waals surface area contributed by atoms with Crippen molar-refractivity contribution in [1.82, 2.24) is 5.32 Å². The summed E-state index contributed by atoms with van der Waals surface area (Å²) in [6.07, 6.45) is 1.79. The Balaban J connectivity index is 2.47. The van der Waals surface area contributed by atoms with Crippen LogP contribution in [0.25, 0.3) is 0 Å². The lowest BCUT2D eigenvalue weighted by Gasteiger charge is -2.26. The van der Waals surface area contributed by atoms with E-state index in [9.17, 15) is 9.59 Å². The minimum atomic E-state index is -0.571. The number of carbonyl (C=O) groups excluding carboxylic acids is 1. The average molecular weight is 249 g/mol. The van der Waals surface area contributed by atoms with Crippen LogP contribution in [0, 0.1) is 0 Å². The van der Waals surface area contributed by atoms with E-state index in [0.717, 1.165) is 11.1 Å². The fourth-order valence-corrected chi connectivity index (χ4v) is 2.05. The monoisotopic (exact) mass is 249 g/mol. The molecule has 1 aliphatic rings. The van der Waals surface area contributed by atoms with Gasteiger partial charge in [0.1, 0.15) is 5.76 Å². The first-order chi connectivity index (χ1) is 8.65. The molecule has 1 N–H and O–H groups in total. The molecule has 1 unspecified atom stereocenters. The lowest BCUT2D eigenvalue weighted by molar-refractivity contribution is -0.126. The molecule has 96 valence electrons. The second kappa shape index (κ2) is 5.18. The Bertz CT molecular complexity index is 532. The molecule has 2 heterocycles. The second-order valence-corrected chi connectivity index (χ2v) is 4.03. The third-order valence-corrected chi connectivity index (χ3v) is 2.80. The minimum Gasteiger partial charge on any atom is -0.427 e. The van der Waals surface area contributed by atoms with Gasteiger partial charge in [0.05, 0.1) is 13.0 Å². The molecule has 0 saturated heterocycles. The van der Waals surface area contributed by atoms with Crippen molar-refractivity contribution in [3.05, 3.63) is 46.0 Å². The Hall–Kier alpha value is -1.88. The van der Waals surface area contributed by atoms with Gasteiger partial charge in [0.15, 0.2) is 6.23 Å². The fraction of sp³-hybridized carbons (Fsp3) is 0.385. The molecule has 1 atom stereocenters. The Morgan fingerprint density at radius 1 is 1.61 bits per heavy atom. The zero-order valence-electron chi connectivity index (χ0n) is 10.2. The maximum absolute atomic E-state index is 11.5. The van der Waals surface area contributed by atoms with E-state index in [0.29, 0.717) is 18.8 Å². The van der Waals surface area contributed by atoms with Gasteiger partial charge in [0, 0.05) is 11.6 Å². The molecule has 1 amide bonds. The van der Waals surface area contributed by atoms with E-state index in [1.165, 1.54) is 6.07 Å². The molecule has 1 aliphatic heterocycles. The summed E-state index contributed by atoms with van der Waals surface area (Å²) in [5.74, 6) is 0.185. The van der Waals surface area contributed by atoms with Gasteiger partial charge in [0.2, 0.25) is 5.91 Å². The van der Waals surface area contributed by atoms with Crippen molar-refractivity contribution in [3.8, 4) is 0 Å². The summed E-state index contributed by atoms with van der Waals surface area (Å²) in [6, 6.07) is 1.45. The molecule has 5 heteroatoms. The van der Waals surface area contributed by atoms with Crippen LogP contribution < -0.4 is 10.9 Å². The second-order valence-electron chi connectivity index (χ2n) is 4.03. The topological polar surface area (TPSA) is 68.5 Å². The summed E-state index contributed by atoms with van der Waals surface area (Å²) in [5, 5.41) is 2.73. The van der Waals surface area contributed by atoms with Gasteiger partial charge in [0.25, 0.3) is 0 Å². The third kappa shape index (κ3) is 2.36. The van der Waals surface area contributed by atoms with Crippen molar-refractivity contribution in [2.24, 2.45) is 0 Å². The van der Waals surface area contributed by atoms with Gasteiger partial charge < -0.3 is 14.5 Å². The van der Waals surface area contributed by atoms with Crippen molar-refractivity contribution in [2.45, 2.75) is 26.0 Å². The summed E-state index contributed by atoms with van der Waals surface area (Å²) in [4.78, 5) is 22.9. The first kappa shape index (κ1) is 12.6. The molecule has 5 nitrogen and oxygen atoms in total. The highest BCUT2D eigenvalue weighted by Crippen LogP contribution is 2.27. The molecular weight excluding hydrogens is 234 g/mol. The quantitative estimate of drug-likeness (QED) is 0.811. The van der Waals surface area contributed by atoms with Gasteiger partial charge in [-0.25, -0.2) is 4.79 Å². The van der Waals surface area contributed by atoms with Gasteiger partial charge in [-0.2, -0.15) is 0 Å². The van der Waals surface area contributed by atoms with Crippen molar-refractivity contribution >= 4 is 5.91 Å². The lowest BCUT2D eigenvalue weighted by Crippen LogP contribution is -2.38. The van der Waals surface area contributed by atoms with Gasteiger partial charge in [-0.15, -0.1) is 6.58 Å². The molecule has 1 aromatic rings. The summed E-state index contributed by atoms with van der Waals surface area (Å²) < 4.78 is 10.6. The Morgan fingerprint density at radius 3 is 3.06 bits per heavy atom. The third-order valence-electron chi connectivity index (χ3n) is 2.80. The standard InChI is InChI=1S/C13H15NO4/c1-3-5-17-13-12-8(4-2)6-11(16)18-9(12)7-10(15)14-13/h3,6,13H,1,4-5,7H2,2H3,(H,14,15). The van der Waals surface area contributed by atoms with E-state index in [1.807, 2.05) is 6.92 Å². The normalized spacial score (nSPS) is 18.1. The highest BCUT2D eigenvalue weighted by molar-refractivity contribution is 5.80. The molecule has 0 fully saturated rings. The van der Waals surface area contributed by atoms with Gasteiger partial charge in [-0.3, -0.25) is 4.79 Å². The predicted octanol–water partition coefficient (Wildman–Crippen LogP) is 1.08. The van der Waals surface area contributed by atoms with Crippen LogP contribution in [0.2, 0.25) is 0 Å². The summed E-state index contributed by atoms with van der Waals surface area (Å²) in [5.41, 5.74) is 1.18. The van der Waals surface area contributed by atoms with Crippen LogP contribution in [0.5, 0.6) is 0 Å². The number of hydrogen-bond acceptors (Lipinski definition) is 4. The van der Waals surface area contributed by atoms with Gasteiger partial charge in [-0.05, 0) is 12.0 Å². The van der Waals surface area contributed by atoms with Crippen LogP contribution in [0.3, 0.4) is 0 Å². The van der Waals surface area contributed by atoms with Crippen molar-refractivity contribution in [3.63, 3.8) is 0 Å².